The highest BCUT2D eigenvalue weighted by atomic mass is 16.1. The van der Waals surface area contributed by atoms with E-state index in [0.29, 0.717) is 6.42 Å². The number of rotatable bonds is 2. The van der Waals surface area contributed by atoms with Crippen molar-refractivity contribution in [2.45, 2.75) is 6.42 Å². The van der Waals surface area contributed by atoms with Crippen LogP contribution in [0.4, 0.5) is 11.5 Å². The summed E-state index contributed by atoms with van der Waals surface area (Å²) in [7, 11) is 0. The Morgan fingerprint density at radius 3 is 2.64 bits per heavy atom. The number of amides is 1. The first kappa shape index (κ1) is 13.3. The smallest absolute Gasteiger partial charge is 0.228 e. The van der Waals surface area contributed by atoms with Crippen molar-refractivity contribution in [3.05, 3.63) is 42.1 Å². The molecule has 1 saturated heterocycles. The predicted octanol–water partition coefficient (Wildman–Crippen LogP) is 1.65. The van der Waals surface area contributed by atoms with Crippen molar-refractivity contribution >= 4 is 17.4 Å². The highest BCUT2D eigenvalue weighted by Gasteiger charge is 2.18. The maximum Gasteiger partial charge on any atom is 0.228 e. The van der Waals surface area contributed by atoms with Crippen LogP contribution < -0.4 is 15.5 Å². The van der Waals surface area contributed by atoms with E-state index in [1.165, 1.54) is 0 Å². The van der Waals surface area contributed by atoms with Crippen LogP contribution in [-0.4, -0.2) is 37.1 Å². The first-order chi connectivity index (χ1) is 10.8. The molecule has 0 atom stereocenters. The molecule has 2 aliphatic heterocycles. The molecule has 2 aromatic rings. The van der Waals surface area contributed by atoms with Crippen molar-refractivity contribution in [3.8, 4) is 11.1 Å². The zero-order chi connectivity index (χ0) is 14.9. The summed E-state index contributed by atoms with van der Waals surface area (Å²) in [5.41, 5.74) is 4.15. The molecule has 5 nitrogen and oxygen atoms in total. The largest absolute Gasteiger partial charge is 0.354 e. The van der Waals surface area contributed by atoms with Crippen LogP contribution in [0.15, 0.2) is 36.5 Å². The molecule has 22 heavy (non-hydrogen) atoms. The van der Waals surface area contributed by atoms with Gasteiger partial charge < -0.3 is 15.5 Å². The van der Waals surface area contributed by atoms with Gasteiger partial charge in [0, 0.05) is 43.6 Å². The number of carbonyl (C=O) groups is 1. The van der Waals surface area contributed by atoms with Gasteiger partial charge in [-0.05, 0) is 29.3 Å². The molecule has 4 rings (SSSR count). The van der Waals surface area contributed by atoms with Crippen LogP contribution in [0.2, 0.25) is 0 Å². The van der Waals surface area contributed by atoms with E-state index in [2.05, 4.69) is 38.7 Å². The Kier molecular flexibility index (Phi) is 3.27. The molecule has 0 spiro atoms. The van der Waals surface area contributed by atoms with Gasteiger partial charge in [0.1, 0.15) is 5.82 Å². The number of nitrogens with zero attached hydrogens (tertiary/aromatic N) is 2. The summed E-state index contributed by atoms with van der Waals surface area (Å²) < 4.78 is 0. The van der Waals surface area contributed by atoms with Gasteiger partial charge in [0.15, 0.2) is 0 Å². The minimum Gasteiger partial charge on any atom is -0.354 e. The number of hydrogen-bond acceptors (Lipinski definition) is 4. The number of benzene rings is 1. The number of nitrogens with one attached hydrogen (secondary N) is 2. The van der Waals surface area contributed by atoms with E-state index >= 15 is 0 Å². The Hall–Kier alpha value is -2.40. The summed E-state index contributed by atoms with van der Waals surface area (Å²) in [5.74, 6) is 1.10. The molecule has 5 heteroatoms. The summed E-state index contributed by atoms with van der Waals surface area (Å²) >= 11 is 0. The summed E-state index contributed by atoms with van der Waals surface area (Å²) in [6, 6.07) is 10.3. The number of aromatic nitrogens is 1. The van der Waals surface area contributed by atoms with E-state index in [0.717, 1.165) is 54.4 Å². The van der Waals surface area contributed by atoms with Gasteiger partial charge in [-0.25, -0.2) is 4.98 Å². The summed E-state index contributed by atoms with van der Waals surface area (Å²) in [6.45, 7) is 4.01. The first-order valence-corrected chi connectivity index (χ1v) is 7.64. The molecule has 0 unspecified atom stereocenters. The lowest BCUT2D eigenvalue weighted by Gasteiger charge is -2.28. The van der Waals surface area contributed by atoms with Crippen molar-refractivity contribution in [2.75, 3.05) is 36.4 Å². The Balaban J connectivity index is 1.58. The first-order valence-electron chi connectivity index (χ1n) is 7.64. The van der Waals surface area contributed by atoms with Crippen LogP contribution in [0, 0.1) is 0 Å². The monoisotopic (exact) mass is 294 g/mol. The van der Waals surface area contributed by atoms with Crippen molar-refractivity contribution in [1.29, 1.82) is 0 Å². The maximum atomic E-state index is 11.4. The second-order valence-corrected chi connectivity index (χ2v) is 5.74. The number of hydrogen-bond donors (Lipinski definition) is 2. The van der Waals surface area contributed by atoms with Gasteiger partial charge in [-0.15, -0.1) is 0 Å². The topological polar surface area (TPSA) is 57.3 Å². The lowest BCUT2D eigenvalue weighted by molar-refractivity contribution is -0.115. The number of pyridine rings is 1. The molecule has 0 radical (unpaired) electrons. The average Bonchev–Trinajstić information content (AvgIpc) is 2.95. The van der Waals surface area contributed by atoms with Crippen LogP contribution in [0.5, 0.6) is 0 Å². The van der Waals surface area contributed by atoms with Crippen molar-refractivity contribution in [2.24, 2.45) is 0 Å². The summed E-state index contributed by atoms with van der Waals surface area (Å²) in [5, 5.41) is 6.24. The number of anilines is 2. The van der Waals surface area contributed by atoms with Crippen LogP contribution in [-0.2, 0) is 11.2 Å². The molecule has 1 aromatic heterocycles. The van der Waals surface area contributed by atoms with Crippen molar-refractivity contribution < 1.29 is 4.79 Å². The molecule has 112 valence electrons. The van der Waals surface area contributed by atoms with E-state index in [-0.39, 0.29) is 5.91 Å². The van der Waals surface area contributed by atoms with E-state index in [4.69, 9.17) is 0 Å². The molecule has 0 aliphatic carbocycles. The maximum absolute atomic E-state index is 11.4. The van der Waals surface area contributed by atoms with Crippen molar-refractivity contribution in [3.63, 3.8) is 0 Å². The Morgan fingerprint density at radius 2 is 1.86 bits per heavy atom. The molecule has 1 aromatic carbocycles. The summed E-state index contributed by atoms with van der Waals surface area (Å²) in [4.78, 5) is 18.3. The molecule has 1 fully saturated rings. The quantitative estimate of drug-likeness (QED) is 0.884. The second kappa shape index (κ2) is 5.42. The molecular formula is C17H18N4O. The molecule has 0 bridgehead atoms. The fraction of sp³-hybridized carbons (Fsp3) is 0.294. The molecule has 3 heterocycles. The van der Waals surface area contributed by atoms with Crippen LogP contribution in [0.25, 0.3) is 11.1 Å². The van der Waals surface area contributed by atoms with E-state index in [1.54, 1.807) is 0 Å². The Morgan fingerprint density at radius 1 is 1.05 bits per heavy atom. The highest BCUT2D eigenvalue weighted by molar-refractivity contribution is 5.99. The minimum atomic E-state index is 0.0688. The average molecular weight is 294 g/mol. The molecule has 2 aliphatic rings. The zero-order valence-electron chi connectivity index (χ0n) is 12.3. The number of piperazine rings is 1. The second-order valence-electron chi connectivity index (χ2n) is 5.74. The SMILES string of the molecule is O=C1Cc2ccc(-c3ccc(N4CCNCC4)nc3)cc2N1. The van der Waals surface area contributed by atoms with Gasteiger partial charge >= 0.3 is 0 Å². The Bertz CT molecular complexity index is 705. The third-order valence-electron chi connectivity index (χ3n) is 4.26. The summed E-state index contributed by atoms with van der Waals surface area (Å²) in [6.07, 6.45) is 2.39. The molecule has 0 saturated carbocycles. The van der Waals surface area contributed by atoms with Gasteiger partial charge in [0.05, 0.1) is 6.42 Å². The zero-order valence-corrected chi connectivity index (χ0v) is 12.3. The van der Waals surface area contributed by atoms with E-state index in [9.17, 15) is 4.79 Å². The lowest BCUT2D eigenvalue weighted by Crippen LogP contribution is -2.43. The third kappa shape index (κ3) is 2.44. The van der Waals surface area contributed by atoms with Crippen molar-refractivity contribution in [1.82, 2.24) is 10.3 Å². The highest BCUT2D eigenvalue weighted by Crippen LogP contribution is 2.29. The number of carbonyl (C=O) groups excluding carboxylic acids is 1. The van der Waals surface area contributed by atoms with Crippen LogP contribution in [0.3, 0.4) is 0 Å². The molecular weight excluding hydrogens is 276 g/mol. The molecule has 2 N–H and O–H groups in total. The van der Waals surface area contributed by atoms with Gasteiger partial charge in [-0.2, -0.15) is 0 Å². The van der Waals surface area contributed by atoms with Gasteiger partial charge in [0.2, 0.25) is 5.91 Å². The number of fused-ring (bicyclic) bond motifs is 1. The van der Waals surface area contributed by atoms with Crippen LogP contribution in [0.1, 0.15) is 5.56 Å². The van der Waals surface area contributed by atoms with Gasteiger partial charge in [-0.3, -0.25) is 4.79 Å². The standard InChI is InChI=1S/C17H18N4O/c22-17-10-13-2-1-12(9-15(13)20-17)14-3-4-16(19-11-14)21-7-5-18-6-8-21/h1-4,9,11,18H,5-8,10H2,(H,20,22). The normalized spacial score (nSPS) is 17.3. The van der Waals surface area contributed by atoms with Crippen LogP contribution >= 0.6 is 0 Å². The Labute approximate surface area is 129 Å². The fourth-order valence-electron chi connectivity index (χ4n) is 3.03. The lowest BCUT2D eigenvalue weighted by atomic mass is 10.0. The third-order valence-corrected chi connectivity index (χ3v) is 4.26. The minimum absolute atomic E-state index is 0.0688. The van der Waals surface area contributed by atoms with Gasteiger partial charge in [-0.1, -0.05) is 12.1 Å². The van der Waals surface area contributed by atoms with Gasteiger partial charge in [0.25, 0.3) is 0 Å². The fourth-order valence-corrected chi connectivity index (χ4v) is 3.03. The van der Waals surface area contributed by atoms with E-state index < -0.39 is 0 Å². The predicted molar refractivity (Wildman–Crippen MR) is 87.1 cm³/mol. The van der Waals surface area contributed by atoms with E-state index in [1.807, 2.05) is 18.3 Å². The molecule has 1 amide bonds.